The lowest BCUT2D eigenvalue weighted by Gasteiger charge is -2.09. The van der Waals surface area contributed by atoms with Crippen molar-refractivity contribution in [3.63, 3.8) is 0 Å². The molecule has 56 heavy (non-hydrogen) atoms. The van der Waals surface area contributed by atoms with Gasteiger partial charge in [-0.05, 0) is 24.0 Å². The lowest BCUT2D eigenvalue weighted by Crippen LogP contribution is -2.23. The predicted octanol–water partition coefficient (Wildman–Crippen LogP) is 16.6. The lowest BCUT2D eigenvalue weighted by molar-refractivity contribution is -0.122. The maximum Gasteiger partial charge on any atom is 0.220 e. The summed E-state index contributed by atoms with van der Waals surface area (Å²) in [7, 11) is 0. The van der Waals surface area contributed by atoms with Gasteiger partial charge >= 0.3 is 0 Å². The number of carbonyl (C=O) groups excluding carboxylic acids is 2. The van der Waals surface area contributed by atoms with Crippen LogP contribution in [0.1, 0.15) is 282 Å². The van der Waals surface area contributed by atoms with Gasteiger partial charge in [-0.25, -0.2) is 0 Å². The SMILES string of the molecule is CCCCCCCCCCCCCCCCCCCCCC(=O)NCc1cccc(CNC(=O)CCCCCCCCCCCCCCCCCCCCC)c1. The summed E-state index contributed by atoms with van der Waals surface area (Å²) >= 11 is 0. The van der Waals surface area contributed by atoms with Gasteiger partial charge in [0.15, 0.2) is 0 Å². The highest BCUT2D eigenvalue weighted by atomic mass is 16.2. The van der Waals surface area contributed by atoms with Crippen LogP contribution in [0.5, 0.6) is 0 Å². The molecule has 0 aliphatic heterocycles. The van der Waals surface area contributed by atoms with Crippen molar-refractivity contribution >= 4 is 11.8 Å². The zero-order valence-corrected chi connectivity index (χ0v) is 37.8. The smallest absolute Gasteiger partial charge is 0.220 e. The highest BCUT2D eigenvalue weighted by Gasteiger charge is 2.05. The number of unbranched alkanes of at least 4 members (excludes halogenated alkanes) is 36. The molecule has 0 unspecified atom stereocenters. The van der Waals surface area contributed by atoms with E-state index in [-0.39, 0.29) is 11.8 Å². The van der Waals surface area contributed by atoms with Crippen LogP contribution in [0, 0.1) is 0 Å². The normalized spacial score (nSPS) is 11.3. The molecule has 4 heteroatoms. The van der Waals surface area contributed by atoms with Crippen LogP contribution in [-0.2, 0) is 22.7 Å². The van der Waals surface area contributed by atoms with Crippen molar-refractivity contribution in [1.29, 1.82) is 0 Å². The van der Waals surface area contributed by atoms with E-state index in [1.807, 2.05) is 6.07 Å². The molecule has 0 aliphatic rings. The van der Waals surface area contributed by atoms with Gasteiger partial charge in [-0.3, -0.25) is 9.59 Å². The first-order valence-electron chi connectivity index (χ1n) is 25.3. The van der Waals surface area contributed by atoms with Crippen LogP contribution in [0.4, 0.5) is 0 Å². The number of rotatable bonds is 44. The summed E-state index contributed by atoms with van der Waals surface area (Å²) in [6, 6.07) is 8.25. The van der Waals surface area contributed by atoms with Crippen molar-refractivity contribution in [3.05, 3.63) is 35.4 Å². The van der Waals surface area contributed by atoms with Crippen molar-refractivity contribution < 1.29 is 9.59 Å². The van der Waals surface area contributed by atoms with Gasteiger partial charge in [0.1, 0.15) is 0 Å². The molecule has 0 aliphatic carbocycles. The Labute approximate surface area is 350 Å². The van der Waals surface area contributed by atoms with Gasteiger partial charge in [0.2, 0.25) is 11.8 Å². The summed E-state index contributed by atoms with van der Waals surface area (Å²) in [5.74, 6) is 0.297. The maximum atomic E-state index is 12.4. The minimum absolute atomic E-state index is 0.148. The molecule has 0 atom stereocenters. The molecular weight excluding hydrogens is 685 g/mol. The van der Waals surface area contributed by atoms with E-state index in [9.17, 15) is 9.59 Å². The molecule has 0 bridgehead atoms. The summed E-state index contributed by atoms with van der Waals surface area (Å²) in [6.07, 6.45) is 53.2. The van der Waals surface area contributed by atoms with Crippen LogP contribution in [0.15, 0.2) is 24.3 Å². The predicted molar refractivity (Wildman–Crippen MR) is 246 cm³/mol. The van der Waals surface area contributed by atoms with Gasteiger partial charge in [0.05, 0.1) is 0 Å². The molecule has 0 radical (unpaired) electrons. The van der Waals surface area contributed by atoms with Crippen LogP contribution in [-0.4, -0.2) is 11.8 Å². The third kappa shape index (κ3) is 37.7. The van der Waals surface area contributed by atoms with E-state index in [4.69, 9.17) is 0 Å². The molecule has 4 nitrogen and oxygen atoms in total. The summed E-state index contributed by atoms with van der Waals surface area (Å²) in [4.78, 5) is 24.9. The monoisotopic (exact) mass is 781 g/mol. The second kappa shape index (κ2) is 42.8. The fourth-order valence-electron chi connectivity index (χ4n) is 8.16. The van der Waals surface area contributed by atoms with Crippen molar-refractivity contribution in [3.8, 4) is 0 Å². The third-order valence-corrected chi connectivity index (χ3v) is 12.0. The first kappa shape index (κ1) is 52.2. The van der Waals surface area contributed by atoms with Crippen molar-refractivity contribution in [2.45, 2.75) is 284 Å². The summed E-state index contributed by atoms with van der Waals surface area (Å²) in [5.41, 5.74) is 2.19. The average Bonchev–Trinajstić information content (AvgIpc) is 3.21. The Hall–Kier alpha value is -1.84. The molecule has 0 spiro atoms. The van der Waals surface area contributed by atoms with Gasteiger partial charge in [0.25, 0.3) is 0 Å². The Bertz CT molecular complexity index is 904. The Balaban J connectivity index is 1.88. The maximum absolute atomic E-state index is 12.4. The molecule has 2 N–H and O–H groups in total. The first-order valence-corrected chi connectivity index (χ1v) is 25.3. The topological polar surface area (TPSA) is 58.2 Å². The molecule has 0 saturated carbocycles. The fourth-order valence-corrected chi connectivity index (χ4v) is 8.16. The van der Waals surface area contributed by atoms with Gasteiger partial charge in [-0.15, -0.1) is 0 Å². The molecule has 0 fully saturated rings. The van der Waals surface area contributed by atoms with E-state index in [2.05, 4.69) is 42.7 Å². The van der Waals surface area contributed by atoms with Gasteiger partial charge < -0.3 is 10.6 Å². The number of nitrogens with one attached hydrogen (secondary N) is 2. The van der Waals surface area contributed by atoms with E-state index in [0.29, 0.717) is 25.9 Å². The van der Waals surface area contributed by atoms with Crippen LogP contribution >= 0.6 is 0 Å². The lowest BCUT2D eigenvalue weighted by atomic mass is 10.0. The van der Waals surface area contributed by atoms with Crippen molar-refractivity contribution in [2.75, 3.05) is 0 Å². The van der Waals surface area contributed by atoms with Crippen molar-refractivity contribution in [1.82, 2.24) is 10.6 Å². The molecular formula is C52H96N2O2. The Morgan fingerprint density at radius 3 is 0.786 bits per heavy atom. The van der Waals surface area contributed by atoms with Gasteiger partial charge in [0, 0.05) is 25.9 Å². The number of hydrogen-bond donors (Lipinski definition) is 2. The number of hydrogen-bond acceptors (Lipinski definition) is 2. The molecule has 1 aromatic rings. The van der Waals surface area contributed by atoms with Gasteiger partial charge in [-0.1, -0.05) is 269 Å². The highest BCUT2D eigenvalue weighted by molar-refractivity contribution is 5.76. The summed E-state index contributed by atoms with van der Waals surface area (Å²) in [6.45, 7) is 5.70. The van der Waals surface area contributed by atoms with Crippen LogP contribution < -0.4 is 10.6 Å². The average molecular weight is 781 g/mol. The van der Waals surface area contributed by atoms with E-state index in [1.165, 1.54) is 218 Å². The molecule has 0 heterocycles. The van der Waals surface area contributed by atoms with Crippen molar-refractivity contribution in [2.24, 2.45) is 0 Å². The second-order valence-electron chi connectivity index (χ2n) is 17.6. The fraction of sp³-hybridized carbons (Fsp3) is 0.846. The quantitative estimate of drug-likeness (QED) is 0.0648. The molecule has 326 valence electrons. The number of amides is 2. The van der Waals surface area contributed by atoms with Crippen LogP contribution in [0.3, 0.4) is 0 Å². The summed E-state index contributed by atoms with van der Waals surface area (Å²) < 4.78 is 0. The van der Waals surface area contributed by atoms with E-state index in [1.54, 1.807) is 0 Å². The molecule has 0 aromatic heterocycles. The minimum Gasteiger partial charge on any atom is -0.352 e. The van der Waals surface area contributed by atoms with E-state index >= 15 is 0 Å². The standard InChI is InChI=1S/C52H96N2O2/c1-3-5-7-9-11-13-15-17-19-21-23-25-27-29-31-33-35-37-39-44-51(55)53-47-49-42-41-43-50(46-49)48-54-52(56)45-40-38-36-34-32-30-28-26-24-22-20-18-16-14-12-10-8-6-4-2/h41-43,46H,3-40,44-45,47-48H2,1-2H3,(H,53,55)(H,54,56). The molecule has 1 aromatic carbocycles. The zero-order chi connectivity index (χ0) is 40.3. The Kier molecular flexibility index (Phi) is 39.8. The molecule has 0 saturated heterocycles. The Morgan fingerprint density at radius 2 is 0.554 bits per heavy atom. The summed E-state index contributed by atoms with van der Waals surface area (Å²) in [5, 5.41) is 6.20. The molecule has 2 amide bonds. The third-order valence-electron chi connectivity index (χ3n) is 12.0. The van der Waals surface area contributed by atoms with E-state index in [0.717, 1.165) is 36.8 Å². The van der Waals surface area contributed by atoms with E-state index < -0.39 is 0 Å². The van der Waals surface area contributed by atoms with Crippen LogP contribution in [0.25, 0.3) is 0 Å². The first-order chi connectivity index (χ1) is 27.7. The zero-order valence-electron chi connectivity index (χ0n) is 37.8. The second-order valence-corrected chi connectivity index (χ2v) is 17.6. The number of benzene rings is 1. The Morgan fingerprint density at radius 1 is 0.339 bits per heavy atom. The minimum atomic E-state index is 0.148. The molecule has 1 rings (SSSR count). The number of carbonyl (C=O) groups is 2. The van der Waals surface area contributed by atoms with Crippen LogP contribution in [0.2, 0.25) is 0 Å². The largest absolute Gasteiger partial charge is 0.352 e. The highest BCUT2D eigenvalue weighted by Crippen LogP contribution is 2.17. The van der Waals surface area contributed by atoms with Gasteiger partial charge in [-0.2, -0.15) is 0 Å².